The van der Waals surface area contributed by atoms with Crippen molar-refractivity contribution in [3.8, 4) is 11.5 Å². The maximum Gasteiger partial charge on any atom is 0.251 e. The standard InChI is InChI=1S/C13H13N3O3/c1-16-5-4-10(15-16)7-14-13(17)9-2-3-11-12(6-9)19-8-18-11/h2-6H,7-8H2,1H3,(H,14,17). The minimum absolute atomic E-state index is 0.163. The summed E-state index contributed by atoms with van der Waals surface area (Å²) < 4.78 is 12.1. The van der Waals surface area contributed by atoms with Crippen molar-refractivity contribution in [2.75, 3.05) is 6.79 Å². The van der Waals surface area contributed by atoms with Gasteiger partial charge in [0.15, 0.2) is 11.5 Å². The fourth-order valence-electron chi connectivity index (χ4n) is 1.87. The number of carbonyl (C=O) groups is 1. The van der Waals surface area contributed by atoms with Gasteiger partial charge in [0, 0.05) is 18.8 Å². The van der Waals surface area contributed by atoms with Crippen LogP contribution in [0.1, 0.15) is 16.1 Å². The summed E-state index contributed by atoms with van der Waals surface area (Å²) in [5.74, 6) is 1.11. The first-order chi connectivity index (χ1) is 9.22. The number of aromatic nitrogens is 2. The van der Waals surface area contributed by atoms with E-state index in [9.17, 15) is 4.79 Å². The number of carbonyl (C=O) groups excluding carboxylic acids is 1. The van der Waals surface area contributed by atoms with Crippen molar-refractivity contribution in [3.63, 3.8) is 0 Å². The Morgan fingerprint density at radius 3 is 3.00 bits per heavy atom. The molecule has 98 valence electrons. The lowest BCUT2D eigenvalue weighted by molar-refractivity contribution is 0.0950. The molecular weight excluding hydrogens is 246 g/mol. The zero-order valence-electron chi connectivity index (χ0n) is 10.4. The fraction of sp³-hybridized carbons (Fsp3) is 0.231. The normalized spacial score (nSPS) is 12.5. The lowest BCUT2D eigenvalue weighted by Crippen LogP contribution is -2.23. The van der Waals surface area contributed by atoms with Gasteiger partial charge in [-0.05, 0) is 24.3 Å². The van der Waals surface area contributed by atoms with Crippen LogP contribution in [-0.2, 0) is 13.6 Å². The zero-order chi connectivity index (χ0) is 13.2. The van der Waals surface area contributed by atoms with E-state index in [2.05, 4.69) is 10.4 Å². The molecule has 1 aromatic carbocycles. The van der Waals surface area contributed by atoms with Crippen molar-refractivity contribution in [3.05, 3.63) is 41.7 Å². The molecule has 1 aromatic heterocycles. The van der Waals surface area contributed by atoms with Crippen molar-refractivity contribution in [2.45, 2.75) is 6.54 Å². The molecule has 0 saturated heterocycles. The average Bonchev–Trinajstić information content (AvgIpc) is 3.03. The summed E-state index contributed by atoms with van der Waals surface area (Å²) in [6.07, 6.45) is 1.84. The summed E-state index contributed by atoms with van der Waals surface area (Å²) in [5, 5.41) is 7.00. The highest BCUT2D eigenvalue weighted by Gasteiger charge is 2.16. The van der Waals surface area contributed by atoms with Crippen molar-refractivity contribution in [1.82, 2.24) is 15.1 Å². The molecule has 2 heterocycles. The van der Waals surface area contributed by atoms with Gasteiger partial charge in [0.1, 0.15) is 0 Å². The van der Waals surface area contributed by atoms with Crippen LogP contribution in [0.15, 0.2) is 30.5 Å². The number of fused-ring (bicyclic) bond motifs is 1. The number of ether oxygens (including phenoxy) is 2. The van der Waals surface area contributed by atoms with Crippen LogP contribution in [0.3, 0.4) is 0 Å². The van der Waals surface area contributed by atoms with Crippen molar-refractivity contribution in [1.29, 1.82) is 0 Å². The van der Waals surface area contributed by atoms with Crippen LogP contribution in [0.4, 0.5) is 0 Å². The van der Waals surface area contributed by atoms with E-state index in [0.29, 0.717) is 23.6 Å². The Labute approximate surface area is 109 Å². The minimum Gasteiger partial charge on any atom is -0.454 e. The van der Waals surface area contributed by atoms with Gasteiger partial charge in [-0.3, -0.25) is 9.48 Å². The molecule has 0 saturated carbocycles. The predicted octanol–water partition coefficient (Wildman–Crippen LogP) is 1.08. The van der Waals surface area contributed by atoms with Gasteiger partial charge >= 0.3 is 0 Å². The van der Waals surface area contributed by atoms with Crippen LogP contribution in [0, 0.1) is 0 Å². The molecule has 0 bridgehead atoms. The van der Waals surface area contributed by atoms with Gasteiger partial charge in [-0.2, -0.15) is 5.10 Å². The molecule has 19 heavy (non-hydrogen) atoms. The lowest BCUT2D eigenvalue weighted by atomic mass is 10.2. The molecule has 2 aromatic rings. The Morgan fingerprint density at radius 1 is 1.37 bits per heavy atom. The largest absolute Gasteiger partial charge is 0.454 e. The van der Waals surface area contributed by atoms with Gasteiger partial charge in [0.25, 0.3) is 5.91 Å². The lowest BCUT2D eigenvalue weighted by Gasteiger charge is -2.04. The Balaban J connectivity index is 1.67. The smallest absolute Gasteiger partial charge is 0.251 e. The van der Waals surface area contributed by atoms with E-state index < -0.39 is 0 Å². The fourth-order valence-corrected chi connectivity index (χ4v) is 1.87. The Kier molecular flexibility index (Phi) is 2.83. The highest BCUT2D eigenvalue weighted by molar-refractivity contribution is 5.94. The van der Waals surface area contributed by atoms with E-state index in [0.717, 1.165) is 5.69 Å². The average molecular weight is 259 g/mol. The second-order valence-corrected chi connectivity index (χ2v) is 4.23. The topological polar surface area (TPSA) is 65.4 Å². The van der Waals surface area contributed by atoms with Crippen LogP contribution in [-0.4, -0.2) is 22.5 Å². The SMILES string of the molecule is Cn1ccc(CNC(=O)c2ccc3c(c2)OCO3)n1. The van der Waals surface area contributed by atoms with Crippen LogP contribution in [0.5, 0.6) is 11.5 Å². The first-order valence-electron chi connectivity index (χ1n) is 5.89. The second kappa shape index (κ2) is 4.64. The number of hydrogen-bond donors (Lipinski definition) is 1. The monoisotopic (exact) mass is 259 g/mol. The van der Waals surface area contributed by atoms with E-state index in [-0.39, 0.29) is 12.7 Å². The molecule has 0 atom stereocenters. The third-order valence-electron chi connectivity index (χ3n) is 2.83. The van der Waals surface area contributed by atoms with Crippen LogP contribution < -0.4 is 14.8 Å². The number of nitrogens with one attached hydrogen (secondary N) is 1. The van der Waals surface area contributed by atoms with E-state index >= 15 is 0 Å². The number of rotatable bonds is 3. The molecule has 1 amide bonds. The molecular formula is C13H13N3O3. The van der Waals surface area contributed by atoms with Gasteiger partial charge in [0.2, 0.25) is 6.79 Å². The third-order valence-corrected chi connectivity index (χ3v) is 2.83. The summed E-state index contributed by atoms with van der Waals surface area (Å²) in [7, 11) is 1.84. The number of hydrogen-bond acceptors (Lipinski definition) is 4. The van der Waals surface area contributed by atoms with Crippen molar-refractivity contribution < 1.29 is 14.3 Å². The number of amides is 1. The van der Waals surface area contributed by atoms with Crippen molar-refractivity contribution in [2.24, 2.45) is 7.05 Å². The molecule has 1 N–H and O–H groups in total. The van der Waals surface area contributed by atoms with Gasteiger partial charge < -0.3 is 14.8 Å². The Hall–Kier alpha value is -2.50. The highest BCUT2D eigenvalue weighted by Crippen LogP contribution is 2.32. The molecule has 0 radical (unpaired) electrons. The predicted molar refractivity (Wildman–Crippen MR) is 66.9 cm³/mol. The van der Waals surface area contributed by atoms with E-state index in [1.165, 1.54) is 0 Å². The summed E-state index contributed by atoms with van der Waals surface area (Å²) in [6, 6.07) is 6.98. The molecule has 0 aliphatic carbocycles. The molecule has 6 nitrogen and oxygen atoms in total. The zero-order valence-corrected chi connectivity index (χ0v) is 10.4. The number of aryl methyl sites for hydroxylation is 1. The van der Waals surface area contributed by atoms with E-state index in [1.54, 1.807) is 22.9 Å². The second-order valence-electron chi connectivity index (χ2n) is 4.23. The van der Waals surface area contributed by atoms with Crippen LogP contribution in [0.25, 0.3) is 0 Å². The van der Waals surface area contributed by atoms with Gasteiger partial charge in [-0.15, -0.1) is 0 Å². The molecule has 1 aliphatic rings. The molecule has 0 spiro atoms. The van der Waals surface area contributed by atoms with Gasteiger partial charge in [0.05, 0.1) is 12.2 Å². The number of nitrogens with zero attached hydrogens (tertiary/aromatic N) is 2. The van der Waals surface area contributed by atoms with E-state index in [1.807, 2.05) is 19.3 Å². The Morgan fingerprint density at radius 2 is 2.21 bits per heavy atom. The third kappa shape index (κ3) is 2.37. The Bertz CT molecular complexity index is 621. The minimum atomic E-state index is -0.163. The molecule has 1 aliphatic heterocycles. The molecule has 0 fully saturated rings. The summed E-state index contributed by atoms with van der Waals surface area (Å²) in [6.45, 7) is 0.600. The summed E-state index contributed by atoms with van der Waals surface area (Å²) in [4.78, 5) is 12.0. The number of benzene rings is 1. The van der Waals surface area contributed by atoms with Gasteiger partial charge in [-0.1, -0.05) is 0 Å². The van der Waals surface area contributed by atoms with E-state index in [4.69, 9.17) is 9.47 Å². The molecule has 3 rings (SSSR count). The van der Waals surface area contributed by atoms with Gasteiger partial charge in [-0.25, -0.2) is 0 Å². The maximum atomic E-state index is 12.0. The quantitative estimate of drug-likeness (QED) is 0.895. The first kappa shape index (κ1) is 11.6. The summed E-state index contributed by atoms with van der Waals surface area (Å²) >= 11 is 0. The molecule has 6 heteroatoms. The highest BCUT2D eigenvalue weighted by atomic mass is 16.7. The maximum absolute atomic E-state index is 12.0. The van der Waals surface area contributed by atoms with Crippen molar-refractivity contribution >= 4 is 5.91 Å². The summed E-state index contributed by atoms with van der Waals surface area (Å²) in [5.41, 5.74) is 1.36. The van der Waals surface area contributed by atoms with Crippen LogP contribution in [0.2, 0.25) is 0 Å². The first-order valence-corrected chi connectivity index (χ1v) is 5.89. The van der Waals surface area contributed by atoms with Crippen LogP contribution >= 0.6 is 0 Å². The molecule has 0 unspecified atom stereocenters.